The first-order valence-electron chi connectivity index (χ1n) is 9.95. The van der Waals surface area contributed by atoms with Gasteiger partial charge in [-0.15, -0.1) is 0 Å². The minimum atomic E-state index is -0.0183. The smallest absolute Gasteiger partial charge is 0.254 e. The maximum atomic E-state index is 13.1. The Morgan fingerprint density at radius 2 is 1.80 bits per heavy atom. The number of aryl methyl sites for hydroxylation is 1. The number of hydrogen-bond acceptors (Lipinski definition) is 5. The van der Waals surface area contributed by atoms with Gasteiger partial charge in [0.2, 0.25) is 0 Å². The number of aromatic nitrogens is 1. The Labute approximate surface area is 177 Å². The highest BCUT2D eigenvalue weighted by Crippen LogP contribution is 2.33. The fourth-order valence-corrected chi connectivity index (χ4v) is 3.25. The molecule has 30 heavy (non-hydrogen) atoms. The molecule has 3 rings (SSSR count). The van der Waals surface area contributed by atoms with Crippen molar-refractivity contribution < 1.29 is 18.8 Å². The normalized spacial score (nSPS) is 10.9. The molecule has 6 heteroatoms. The molecule has 0 aliphatic carbocycles. The highest BCUT2D eigenvalue weighted by atomic mass is 16.5. The van der Waals surface area contributed by atoms with Crippen molar-refractivity contribution in [3.63, 3.8) is 0 Å². The Hall–Kier alpha value is -3.28. The van der Waals surface area contributed by atoms with E-state index in [1.54, 1.807) is 20.3 Å². The number of rotatable bonds is 8. The predicted molar refractivity (Wildman–Crippen MR) is 116 cm³/mol. The van der Waals surface area contributed by atoms with E-state index in [2.05, 4.69) is 19.0 Å². The van der Waals surface area contributed by atoms with Crippen molar-refractivity contribution in [3.8, 4) is 22.8 Å². The number of carbonyl (C=O) groups is 1. The molecule has 0 radical (unpaired) electrons. The summed E-state index contributed by atoms with van der Waals surface area (Å²) in [5.74, 6) is 2.22. The number of amides is 1. The Morgan fingerprint density at radius 1 is 1.07 bits per heavy atom. The summed E-state index contributed by atoms with van der Waals surface area (Å²) in [5.41, 5.74) is 3.25. The van der Waals surface area contributed by atoms with Crippen molar-refractivity contribution in [3.05, 3.63) is 65.4 Å². The van der Waals surface area contributed by atoms with Gasteiger partial charge in [-0.1, -0.05) is 36.7 Å². The SMILES string of the molecule is COc1ccc(-c2cc(CN(CC(C)C)C(=O)c3ccc(C)cc3)no2)c(OC)c1. The Morgan fingerprint density at radius 3 is 2.43 bits per heavy atom. The van der Waals surface area contributed by atoms with Gasteiger partial charge in [0.05, 0.1) is 26.3 Å². The van der Waals surface area contributed by atoms with Crippen LogP contribution in [0.1, 0.15) is 35.5 Å². The van der Waals surface area contributed by atoms with Crippen molar-refractivity contribution in [1.82, 2.24) is 10.1 Å². The molecule has 0 saturated heterocycles. The van der Waals surface area contributed by atoms with Gasteiger partial charge in [0.1, 0.15) is 17.2 Å². The summed E-state index contributed by atoms with van der Waals surface area (Å²) < 4.78 is 16.3. The summed E-state index contributed by atoms with van der Waals surface area (Å²) in [7, 11) is 3.20. The van der Waals surface area contributed by atoms with E-state index in [9.17, 15) is 4.79 Å². The number of nitrogens with zero attached hydrogens (tertiary/aromatic N) is 2. The van der Waals surface area contributed by atoms with E-state index in [0.29, 0.717) is 47.5 Å². The van der Waals surface area contributed by atoms with Crippen LogP contribution >= 0.6 is 0 Å². The lowest BCUT2D eigenvalue weighted by Gasteiger charge is -2.23. The highest BCUT2D eigenvalue weighted by Gasteiger charge is 2.20. The molecule has 3 aromatic rings. The van der Waals surface area contributed by atoms with Crippen LogP contribution in [0.5, 0.6) is 11.5 Å². The lowest BCUT2D eigenvalue weighted by molar-refractivity contribution is 0.0719. The molecular weight excluding hydrogens is 380 g/mol. The van der Waals surface area contributed by atoms with Crippen LogP contribution < -0.4 is 9.47 Å². The lowest BCUT2D eigenvalue weighted by Crippen LogP contribution is -2.33. The van der Waals surface area contributed by atoms with Crippen LogP contribution in [0.15, 0.2) is 53.1 Å². The summed E-state index contributed by atoms with van der Waals surface area (Å²) in [6.45, 7) is 7.18. The first-order valence-corrected chi connectivity index (χ1v) is 9.95. The Balaban J connectivity index is 1.84. The van der Waals surface area contributed by atoms with Crippen LogP contribution in [0.2, 0.25) is 0 Å². The lowest BCUT2D eigenvalue weighted by atomic mass is 10.1. The second-order valence-electron chi connectivity index (χ2n) is 7.69. The maximum Gasteiger partial charge on any atom is 0.254 e. The predicted octanol–water partition coefficient (Wildman–Crippen LogP) is 4.97. The largest absolute Gasteiger partial charge is 0.497 e. The molecule has 6 nitrogen and oxygen atoms in total. The van der Waals surface area contributed by atoms with Gasteiger partial charge in [0.25, 0.3) is 5.91 Å². The highest BCUT2D eigenvalue weighted by molar-refractivity contribution is 5.94. The summed E-state index contributed by atoms with van der Waals surface area (Å²) in [5, 5.41) is 4.19. The zero-order chi connectivity index (χ0) is 21.7. The van der Waals surface area contributed by atoms with E-state index < -0.39 is 0 Å². The topological polar surface area (TPSA) is 64.8 Å². The van der Waals surface area contributed by atoms with Crippen LogP contribution in [0.4, 0.5) is 0 Å². The van der Waals surface area contributed by atoms with Crippen LogP contribution in [0.25, 0.3) is 11.3 Å². The monoisotopic (exact) mass is 408 g/mol. The van der Waals surface area contributed by atoms with Gasteiger partial charge in [-0.05, 0) is 37.1 Å². The van der Waals surface area contributed by atoms with Crippen molar-refractivity contribution in [2.24, 2.45) is 5.92 Å². The molecule has 0 fully saturated rings. The number of ether oxygens (including phenoxy) is 2. The van der Waals surface area contributed by atoms with Gasteiger partial charge >= 0.3 is 0 Å². The minimum absolute atomic E-state index is 0.0183. The molecule has 0 N–H and O–H groups in total. The quantitative estimate of drug-likeness (QED) is 0.527. The summed E-state index contributed by atoms with van der Waals surface area (Å²) in [6.07, 6.45) is 0. The number of methoxy groups -OCH3 is 2. The summed E-state index contributed by atoms with van der Waals surface area (Å²) in [4.78, 5) is 14.9. The number of hydrogen-bond donors (Lipinski definition) is 0. The first kappa shape index (κ1) is 21.4. The maximum absolute atomic E-state index is 13.1. The molecule has 0 unspecified atom stereocenters. The molecule has 158 valence electrons. The third kappa shape index (κ3) is 5.00. The summed E-state index contributed by atoms with van der Waals surface area (Å²) >= 11 is 0. The molecule has 1 amide bonds. The molecule has 0 bridgehead atoms. The average molecular weight is 408 g/mol. The van der Waals surface area contributed by atoms with Gasteiger partial charge in [-0.25, -0.2) is 0 Å². The van der Waals surface area contributed by atoms with Gasteiger partial charge in [-0.2, -0.15) is 0 Å². The average Bonchev–Trinajstić information content (AvgIpc) is 3.20. The van der Waals surface area contributed by atoms with Crippen molar-refractivity contribution in [2.45, 2.75) is 27.3 Å². The zero-order valence-electron chi connectivity index (χ0n) is 18.1. The van der Waals surface area contributed by atoms with E-state index in [4.69, 9.17) is 14.0 Å². The van der Waals surface area contributed by atoms with Crippen molar-refractivity contribution >= 4 is 5.91 Å². The van der Waals surface area contributed by atoms with E-state index in [0.717, 1.165) is 11.1 Å². The molecule has 0 saturated carbocycles. The molecule has 2 aromatic carbocycles. The van der Waals surface area contributed by atoms with Gasteiger partial charge in [0.15, 0.2) is 5.76 Å². The van der Waals surface area contributed by atoms with Crippen LogP contribution in [-0.2, 0) is 6.54 Å². The van der Waals surface area contributed by atoms with E-state index in [-0.39, 0.29) is 5.91 Å². The van der Waals surface area contributed by atoms with E-state index in [1.807, 2.05) is 54.3 Å². The molecular formula is C24H28N2O4. The second kappa shape index (κ2) is 9.48. The fraction of sp³-hybridized carbons (Fsp3) is 0.333. The minimum Gasteiger partial charge on any atom is -0.497 e. The molecule has 0 atom stereocenters. The van der Waals surface area contributed by atoms with Crippen molar-refractivity contribution in [2.75, 3.05) is 20.8 Å². The molecule has 1 aromatic heterocycles. The fourth-order valence-electron chi connectivity index (χ4n) is 3.25. The van der Waals surface area contributed by atoms with Crippen LogP contribution in [0, 0.1) is 12.8 Å². The third-order valence-electron chi connectivity index (χ3n) is 4.76. The van der Waals surface area contributed by atoms with Gasteiger partial charge in [-0.3, -0.25) is 4.79 Å². The van der Waals surface area contributed by atoms with Crippen LogP contribution in [0.3, 0.4) is 0 Å². The second-order valence-corrected chi connectivity index (χ2v) is 7.69. The first-order chi connectivity index (χ1) is 14.4. The van der Waals surface area contributed by atoms with Crippen molar-refractivity contribution in [1.29, 1.82) is 0 Å². The standard InChI is InChI=1S/C24H28N2O4/c1-16(2)14-26(24(27)18-8-6-17(3)7-9-18)15-19-12-23(30-25-19)21-11-10-20(28-4)13-22(21)29-5/h6-13,16H,14-15H2,1-5H3. The molecule has 1 heterocycles. The van der Waals surface area contributed by atoms with E-state index >= 15 is 0 Å². The zero-order valence-corrected chi connectivity index (χ0v) is 18.1. The Bertz CT molecular complexity index is 993. The number of carbonyl (C=O) groups excluding carboxylic acids is 1. The van der Waals surface area contributed by atoms with Crippen LogP contribution in [-0.4, -0.2) is 36.7 Å². The molecule has 0 aliphatic heterocycles. The third-order valence-corrected chi connectivity index (χ3v) is 4.76. The van der Waals surface area contributed by atoms with Gasteiger partial charge in [0, 0.05) is 24.2 Å². The number of benzene rings is 2. The molecule has 0 spiro atoms. The van der Waals surface area contributed by atoms with E-state index in [1.165, 1.54) is 0 Å². The van der Waals surface area contributed by atoms with Gasteiger partial charge < -0.3 is 18.9 Å². The Kier molecular flexibility index (Phi) is 6.77. The summed E-state index contributed by atoms with van der Waals surface area (Å²) in [6, 6.07) is 15.0. The molecule has 0 aliphatic rings.